The second-order valence-corrected chi connectivity index (χ2v) is 8.77. The molecule has 8 nitrogen and oxygen atoms in total. The van der Waals surface area contributed by atoms with E-state index in [9.17, 15) is 4.79 Å². The van der Waals surface area contributed by atoms with Crippen LogP contribution in [-0.4, -0.2) is 72.6 Å². The van der Waals surface area contributed by atoms with Crippen molar-refractivity contribution in [2.24, 2.45) is 11.8 Å². The van der Waals surface area contributed by atoms with Crippen LogP contribution in [0, 0.1) is 11.8 Å². The van der Waals surface area contributed by atoms with E-state index in [1.807, 2.05) is 36.7 Å². The first-order chi connectivity index (χ1) is 15.6. The number of aromatic nitrogens is 2. The maximum Gasteiger partial charge on any atom is 0.316 e. The third-order valence-electron chi connectivity index (χ3n) is 6.71. The van der Waals surface area contributed by atoms with Gasteiger partial charge in [0, 0.05) is 37.1 Å². The van der Waals surface area contributed by atoms with E-state index in [-0.39, 0.29) is 17.9 Å². The van der Waals surface area contributed by atoms with Crippen molar-refractivity contribution in [2.45, 2.75) is 31.8 Å². The van der Waals surface area contributed by atoms with Crippen molar-refractivity contribution in [2.75, 3.05) is 46.2 Å². The summed E-state index contributed by atoms with van der Waals surface area (Å²) in [6.07, 6.45) is 6.82. The van der Waals surface area contributed by atoms with Gasteiger partial charge in [0.1, 0.15) is 5.75 Å². The number of likely N-dealkylation sites (tertiary alicyclic amines) is 2. The number of carbonyl (C=O) groups excluding carboxylic acids is 1. The molecule has 1 aromatic carbocycles. The predicted octanol–water partition coefficient (Wildman–Crippen LogP) is 2.66. The number of nitrogens with one attached hydrogen (secondary N) is 1. The lowest BCUT2D eigenvalue weighted by atomic mass is 9.83. The Hall–Kier alpha value is -2.71. The molecule has 2 aliphatic heterocycles. The zero-order chi connectivity index (χ0) is 22.5. The number of hydrogen-bond donors (Lipinski definition) is 1. The second kappa shape index (κ2) is 10.3. The molecule has 1 amide bonds. The van der Waals surface area contributed by atoms with E-state index in [1.54, 1.807) is 14.2 Å². The van der Waals surface area contributed by atoms with Crippen LogP contribution in [-0.2, 0) is 11.3 Å². The summed E-state index contributed by atoms with van der Waals surface area (Å²) in [4.78, 5) is 26.6. The first-order valence-electron chi connectivity index (χ1n) is 11.3. The van der Waals surface area contributed by atoms with Crippen LogP contribution in [0.1, 0.15) is 24.8 Å². The maximum atomic E-state index is 13.3. The zero-order valence-electron chi connectivity index (χ0n) is 19.2. The van der Waals surface area contributed by atoms with Gasteiger partial charge in [-0.05, 0) is 57.5 Å². The molecule has 0 bridgehead atoms. The van der Waals surface area contributed by atoms with Crippen LogP contribution in [0.3, 0.4) is 0 Å². The van der Waals surface area contributed by atoms with Crippen molar-refractivity contribution in [3.8, 4) is 11.8 Å². The van der Waals surface area contributed by atoms with E-state index < -0.39 is 0 Å². The number of methoxy groups -OCH3 is 2. The highest BCUT2D eigenvalue weighted by Gasteiger charge is 2.42. The summed E-state index contributed by atoms with van der Waals surface area (Å²) in [7, 11) is 5.35. The fourth-order valence-electron chi connectivity index (χ4n) is 5.22. The molecular weight excluding hydrogens is 406 g/mol. The number of rotatable bonds is 7. The van der Waals surface area contributed by atoms with Gasteiger partial charge < -0.3 is 19.7 Å². The fraction of sp³-hybridized carbons (Fsp3) is 0.542. The number of carbonyl (C=O) groups is 1. The zero-order valence-corrected chi connectivity index (χ0v) is 19.2. The van der Waals surface area contributed by atoms with E-state index >= 15 is 0 Å². The standard InChI is InChI=1S/C24H33N5O3/c1-28-12-10-19(23(30)27-20-8-4-5-9-21(20)31-2)22(28)18-7-6-11-29(16-18)15-17-13-25-24(32-3)26-14-17/h4-5,8-9,13-14,18-19,22H,6-7,10-12,15-16H2,1-3H3,(H,27,30)/t18-,19+,22-/m0/s1. The number of nitrogens with zero attached hydrogens (tertiary/aromatic N) is 4. The molecule has 2 fully saturated rings. The Morgan fingerprint density at radius 2 is 1.91 bits per heavy atom. The van der Waals surface area contributed by atoms with E-state index in [0.29, 0.717) is 17.7 Å². The fourth-order valence-corrected chi connectivity index (χ4v) is 5.22. The summed E-state index contributed by atoms with van der Waals surface area (Å²) in [5.74, 6) is 1.20. The minimum Gasteiger partial charge on any atom is -0.495 e. The molecule has 0 radical (unpaired) electrons. The van der Waals surface area contributed by atoms with E-state index in [0.717, 1.165) is 56.7 Å². The number of benzene rings is 1. The smallest absolute Gasteiger partial charge is 0.316 e. The van der Waals surface area contributed by atoms with E-state index in [4.69, 9.17) is 9.47 Å². The quantitative estimate of drug-likeness (QED) is 0.710. The molecule has 4 rings (SSSR count). The maximum absolute atomic E-state index is 13.3. The van der Waals surface area contributed by atoms with Gasteiger partial charge in [0.2, 0.25) is 5.91 Å². The lowest BCUT2D eigenvalue weighted by Gasteiger charge is -2.39. The summed E-state index contributed by atoms with van der Waals surface area (Å²) in [5, 5.41) is 3.12. The largest absolute Gasteiger partial charge is 0.495 e. The Labute approximate surface area is 189 Å². The van der Waals surface area contributed by atoms with Crippen molar-refractivity contribution < 1.29 is 14.3 Å². The first-order valence-corrected chi connectivity index (χ1v) is 11.3. The lowest BCUT2D eigenvalue weighted by Crippen LogP contribution is -2.48. The van der Waals surface area contributed by atoms with E-state index in [2.05, 4.69) is 32.1 Å². The van der Waals surface area contributed by atoms with Gasteiger partial charge in [0.05, 0.1) is 25.8 Å². The van der Waals surface area contributed by atoms with Crippen molar-refractivity contribution in [3.05, 3.63) is 42.2 Å². The molecule has 0 saturated carbocycles. The van der Waals surface area contributed by atoms with E-state index in [1.165, 1.54) is 0 Å². The van der Waals surface area contributed by atoms with Crippen LogP contribution in [0.2, 0.25) is 0 Å². The molecule has 32 heavy (non-hydrogen) atoms. The van der Waals surface area contributed by atoms with Gasteiger partial charge in [-0.15, -0.1) is 0 Å². The van der Waals surface area contributed by atoms with Crippen molar-refractivity contribution >= 4 is 11.6 Å². The normalized spacial score (nSPS) is 24.3. The average molecular weight is 440 g/mol. The van der Waals surface area contributed by atoms with Crippen molar-refractivity contribution in [1.29, 1.82) is 0 Å². The highest BCUT2D eigenvalue weighted by Crippen LogP contribution is 2.35. The monoisotopic (exact) mass is 439 g/mol. The number of amides is 1. The molecule has 0 spiro atoms. The van der Waals surface area contributed by atoms with Gasteiger partial charge in [0.15, 0.2) is 0 Å². The van der Waals surface area contributed by atoms with Gasteiger partial charge in [-0.1, -0.05) is 12.1 Å². The second-order valence-electron chi connectivity index (χ2n) is 8.77. The Kier molecular flexibility index (Phi) is 7.22. The topological polar surface area (TPSA) is 79.8 Å². The summed E-state index contributed by atoms with van der Waals surface area (Å²) in [6, 6.07) is 8.21. The molecule has 0 unspecified atom stereocenters. The molecule has 172 valence electrons. The average Bonchev–Trinajstić information content (AvgIpc) is 3.21. The molecule has 2 aromatic rings. The third kappa shape index (κ3) is 5.02. The van der Waals surface area contributed by atoms with Crippen LogP contribution >= 0.6 is 0 Å². The molecule has 1 aromatic heterocycles. The van der Waals surface area contributed by atoms with Gasteiger partial charge in [-0.25, -0.2) is 9.97 Å². The van der Waals surface area contributed by atoms with Crippen LogP contribution in [0.5, 0.6) is 11.8 Å². The molecular formula is C24H33N5O3. The number of anilines is 1. The lowest BCUT2D eigenvalue weighted by molar-refractivity contribution is -0.121. The summed E-state index contributed by atoms with van der Waals surface area (Å²) < 4.78 is 10.5. The SMILES string of the molecule is COc1ncc(CN2CCC[C@H]([C@H]3[C@H](C(=O)Nc4ccccc4OC)CCN3C)C2)cn1. The van der Waals surface area contributed by atoms with Gasteiger partial charge in [-0.2, -0.15) is 0 Å². The summed E-state index contributed by atoms with van der Waals surface area (Å²) in [5.41, 5.74) is 1.81. The minimum absolute atomic E-state index is 0.0285. The number of hydrogen-bond acceptors (Lipinski definition) is 7. The van der Waals surface area contributed by atoms with Crippen molar-refractivity contribution in [3.63, 3.8) is 0 Å². The molecule has 3 atom stereocenters. The summed E-state index contributed by atoms with van der Waals surface area (Å²) >= 11 is 0. The first kappa shape index (κ1) is 22.5. The Morgan fingerprint density at radius 1 is 1.12 bits per heavy atom. The Bertz CT molecular complexity index is 907. The minimum atomic E-state index is -0.0285. The van der Waals surface area contributed by atoms with Crippen molar-refractivity contribution in [1.82, 2.24) is 19.8 Å². The number of ether oxygens (including phenoxy) is 2. The van der Waals surface area contributed by atoms with Gasteiger partial charge >= 0.3 is 6.01 Å². The predicted molar refractivity (Wildman–Crippen MR) is 123 cm³/mol. The molecule has 3 heterocycles. The highest BCUT2D eigenvalue weighted by atomic mass is 16.5. The summed E-state index contributed by atoms with van der Waals surface area (Å²) in [6.45, 7) is 3.78. The molecule has 8 heteroatoms. The molecule has 0 aliphatic carbocycles. The van der Waals surface area contributed by atoms with Crippen LogP contribution < -0.4 is 14.8 Å². The Morgan fingerprint density at radius 3 is 2.66 bits per heavy atom. The van der Waals surface area contributed by atoms with Crippen LogP contribution in [0.15, 0.2) is 36.7 Å². The molecule has 2 saturated heterocycles. The number of piperidine rings is 1. The Balaban J connectivity index is 1.42. The molecule has 1 N–H and O–H groups in total. The van der Waals surface area contributed by atoms with Crippen LogP contribution in [0.25, 0.3) is 0 Å². The van der Waals surface area contributed by atoms with Gasteiger partial charge in [0.25, 0.3) is 0 Å². The number of para-hydroxylation sites is 2. The van der Waals surface area contributed by atoms with Gasteiger partial charge in [-0.3, -0.25) is 9.69 Å². The third-order valence-corrected chi connectivity index (χ3v) is 6.71. The van der Waals surface area contributed by atoms with Crippen LogP contribution in [0.4, 0.5) is 5.69 Å². The molecule has 2 aliphatic rings. The highest BCUT2D eigenvalue weighted by molar-refractivity contribution is 5.94.